The standard InChI is InChI=1S/C32H35N5O4/c38-30-26-10-2-4-12-28(26)40-21-20-36(31(39)29-25-9-1-3-11-27(25)34-35-29)17-6-5-13-32(14-18-37(30)19-15-32)23-41-24-8-7-16-33-22-24/h1-4,7-12,16,22H,5-6,13-15,17-21,23H2,(H,34,35). The molecular weight excluding hydrogens is 518 g/mol. The van der Waals surface area contributed by atoms with Crippen LogP contribution in [0.15, 0.2) is 73.1 Å². The van der Waals surface area contributed by atoms with Gasteiger partial charge in [-0.05, 0) is 56.0 Å². The molecule has 3 aliphatic heterocycles. The fraction of sp³-hybridized carbons (Fsp3) is 0.375. The third-order valence-electron chi connectivity index (χ3n) is 8.37. The lowest BCUT2D eigenvalue weighted by molar-refractivity contribution is 0.0358. The van der Waals surface area contributed by atoms with Gasteiger partial charge in [-0.1, -0.05) is 36.8 Å². The molecule has 0 saturated carbocycles. The van der Waals surface area contributed by atoms with Crippen molar-refractivity contribution in [2.75, 3.05) is 39.4 Å². The Labute approximate surface area is 239 Å². The Balaban J connectivity index is 1.25. The topological polar surface area (TPSA) is 101 Å². The van der Waals surface area contributed by atoms with E-state index in [2.05, 4.69) is 15.2 Å². The highest BCUT2D eigenvalue weighted by molar-refractivity contribution is 6.04. The summed E-state index contributed by atoms with van der Waals surface area (Å²) in [5.74, 6) is 1.15. The zero-order valence-electron chi connectivity index (χ0n) is 23.1. The minimum absolute atomic E-state index is 0.0202. The number of aromatic nitrogens is 3. The summed E-state index contributed by atoms with van der Waals surface area (Å²) in [5, 5.41) is 8.14. The molecule has 4 aromatic rings. The lowest BCUT2D eigenvalue weighted by Gasteiger charge is -2.42. The van der Waals surface area contributed by atoms with Crippen molar-refractivity contribution in [3.05, 3.63) is 84.3 Å². The van der Waals surface area contributed by atoms with Crippen LogP contribution >= 0.6 is 0 Å². The van der Waals surface area contributed by atoms with E-state index in [-0.39, 0.29) is 23.8 Å². The Morgan fingerprint density at radius 3 is 2.63 bits per heavy atom. The van der Waals surface area contributed by atoms with Crippen LogP contribution in [0, 0.1) is 5.41 Å². The number of H-pyrrole nitrogens is 1. The third kappa shape index (κ3) is 5.89. The Morgan fingerprint density at radius 2 is 1.78 bits per heavy atom. The number of fused-ring (bicyclic) bond motifs is 10. The van der Waals surface area contributed by atoms with Gasteiger partial charge in [0.25, 0.3) is 11.8 Å². The largest absolute Gasteiger partial charge is 0.491 e. The van der Waals surface area contributed by atoms with Gasteiger partial charge in [0, 0.05) is 36.6 Å². The number of para-hydroxylation sites is 2. The van der Waals surface area contributed by atoms with Gasteiger partial charge in [0.2, 0.25) is 0 Å². The molecule has 2 bridgehead atoms. The molecule has 0 atom stereocenters. The zero-order chi connectivity index (χ0) is 28.1. The number of hydrogen-bond donors (Lipinski definition) is 1. The van der Waals surface area contributed by atoms with Crippen LogP contribution in [0.2, 0.25) is 0 Å². The summed E-state index contributed by atoms with van der Waals surface area (Å²) in [6, 6.07) is 18.8. The Bertz CT molecular complexity index is 1500. The summed E-state index contributed by atoms with van der Waals surface area (Å²) in [5.41, 5.74) is 1.74. The highest BCUT2D eigenvalue weighted by atomic mass is 16.5. The summed E-state index contributed by atoms with van der Waals surface area (Å²) in [6.07, 6.45) is 7.92. The number of aromatic amines is 1. The molecule has 9 nitrogen and oxygen atoms in total. The molecule has 2 aromatic carbocycles. The van der Waals surface area contributed by atoms with Crippen LogP contribution in [0.25, 0.3) is 10.9 Å². The zero-order valence-corrected chi connectivity index (χ0v) is 23.1. The van der Waals surface area contributed by atoms with E-state index in [1.807, 2.05) is 70.5 Å². The van der Waals surface area contributed by atoms with E-state index in [4.69, 9.17) is 9.47 Å². The number of hydrogen-bond acceptors (Lipinski definition) is 6. The van der Waals surface area contributed by atoms with E-state index in [0.717, 1.165) is 48.8 Å². The number of pyridine rings is 1. The molecule has 212 valence electrons. The molecule has 1 fully saturated rings. The van der Waals surface area contributed by atoms with Crippen LogP contribution < -0.4 is 9.47 Å². The Kier molecular flexibility index (Phi) is 7.84. The van der Waals surface area contributed by atoms with E-state index in [9.17, 15) is 9.59 Å². The van der Waals surface area contributed by atoms with Gasteiger partial charge in [-0.2, -0.15) is 5.10 Å². The molecule has 0 radical (unpaired) electrons. The molecule has 1 saturated heterocycles. The normalized spacial score (nSPS) is 17.8. The summed E-state index contributed by atoms with van der Waals surface area (Å²) in [7, 11) is 0. The van der Waals surface area contributed by atoms with Gasteiger partial charge in [0.05, 0.1) is 30.4 Å². The lowest BCUT2D eigenvalue weighted by atomic mass is 9.75. The number of nitrogens with zero attached hydrogens (tertiary/aromatic N) is 4. The molecular formula is C32H35N5O4. The van der Waals surface area contributed by atoms with Crippen molar-refractivity contribution in [3.63, 3.8) is 0 Å². The van der Waals surface area contributed by atoms with E-state index >= 15 is 0 Å². The van der Waals surface area contributed by atoms with Crippen molar-refractivity contribution in [2.24, 2.45) is 5.41 Å². The maximum absolute atomic E-state index is 13.7. The molecule has 2 amide bonds. The molecule has 9 heteroatoms. The summed E-state index contributed by atoms with van der Waals surface area (Å²) >= 11 is 0. The second-order valence-electron chi connectivity index (χ2n) is 11.0. The molecule has 41 heavy (non-hydrogen) atoms. The molecule has 1 N–H and O–H groups in total. The van der Waals surface area contributed by atoms with Crippen molar-refractivity contribution >= 4 is 22.7 Å². The smallest absolute Gasteiger partial charge is 0.275 e. The number of benzene rings is 2. The highest BCUT2D eigenvalue weighted by Gasteiger charge is 2.37. The number of piperidine rings is 1. The van der Waals surface area contributed by atoms with Crippen LogP contribution in [0.3, 0.4) is 0 Å². The Hall–Kier alpha value is -4.40. The summed E-state index contributed by atoms with van der Waals surface area (Å²) < 4.78 is 12.4. The first-order chi connectivity index (χ1) is 20.1. The molecule has 0 unspecified atom stereocenters. The van der Waals surface area contributed by atoms with Gasteiger partial charge in [-0.3, -0.25) is 19.7 Å². The average molecular weight is 554 g/mol. The van der Waals surface area contributed by atoms with Crippen molar-refractivity contribution in [1.82, 2.24) is 25.0 Å². The quantitative estimate of drug-likeness (QED) is 0.383. The fourth-order valence-electron chi connectivity index (χ4n) is 5.92. The van der Waals surface area contributed by atoms with Gasteiger partial charge in [-0.25, -0.2) is 0 Å². The van der Waals surface area contributed by atoms with Crippen molar-refractivity contribution < 1.29 is 19.1 Å². The SMILES string of the molecule is O=C1c2ccccc2OCCN(C(=O)c2n[nH]c3ccccc23)CCCCC2(COc3cccnc3)CCN1CC2. The second kappa shape index (κ2) is 12.0. The first-order valence-electron chi connectivity index (χ1n) is 14.4. The lowest BCUT2D eigenvalue weighted by Crippen LogP contribution is -2.45. The molecule has 2 aromatic heterocycles. The number of carbonyl (C=O) groups excluding carboxylic acids is 2. The number of nitrogens with one attached hydrogen (secondary N) is 1. The molecule has 3 aliphatic rings. The predicted octanol–water partition coefficient (Wildman–Crippen LogP) is 4.96. The highest BCUT2D eigenvalue weighted by Crippen LogP contribution is 2.38. The number of amides is 2. The summed E-state index contributed by atoms with van der Waals surface area (Å²) in [6.45, 7) is 3.17. The van der Waals surface area contributed by atoms with Crippen LogP contribution in [-0.4, -0.2) is 76.2 Å². The third-order valence-corrected chi connectivity index (χ3v) is 8.37. The minimum atomic E-state index is -0.124. The minimum Gasteiger partial charge on any atom is -0.491 e. The van der Waals surface area contributed by atoms with E-state index < -0.39 is 0 Å². The van der Waals surface area contributed by atoms with Crippen LogP contribution in [0.1, 0.15) is 53.0 Å². The maximum atomic E-state index is 13.7. The van der Waals surface area contributed by atoms with Gasteiger partial charge >= 0.3 is 0 Å². The predicted molar refractivity (Wildman–Crippen MR) is 155 cm³/mol. The molecule has 0 spiro atoms. The first kappa shape index (κ1) is 26.8. The first-order valence-corrected chi connectivity index (χ1v) is 14.4. The van der Waals surface area contributed by atoms with Gasteiger partial charge in [0.1, 0.15) is 18.1 Å². The number of rotatable bonds is 4. The van der Waals surface area contributed by atoms with Gasteiger partial charge in [0.15, 0.2) is 5.69 Å². The fourth-order valence-corrected chi connectivity index (χ4v) is 5.92. The van der Waals surface area contributed by atoms with Gasteiger partial charge < -0.3 is 19.3 Å². The van der Waals surface area contributed by atoms with Crippen LogP contribution in [0.4, 0.5) is 0 Å². The molecule has 7 rings (SSSR count). The van der Waals surface area contributed by atoms with Crippen molar-refractivity contribution in [2.45, 2.75) is 32.1 Å². The van der Waals surface area contributed by atoms with E-state index in [1.165, 1.54) is 0 Å². The number of carbonyl (C=O) groups is 2. The monoisotopic (exact) mass is 553 g/mol. The van der Waals surface area contributed by atoms with Crippen molar-refractivity contribution in [3.8, 4) is 11.5 Å². The Morgan fingerprint density at radius 1 is 0.951 bits per heavy atom. The molecule has 0 aliphatic carbocycles. The van der Waals surface area contributed by atoms with E-state index in [1.54, 1.807) is 12.4 Å². The number of ether oxygens (including phenoxy) is 2. The second-order valence-corrected chi connectivity index (χ2v) is 11.0. The summed E-state index contributed by atoms with van der Waals surface area (Å²) in [4.78, 5) is 35.3. The molecule has 5 heterocycles. The van der Waals surface area contributed by atoms with Crippen LogP contribution in [-0.2, 0) is 0 Å². The average Bonchev–Trinajstić information content (AvgIpc) is 3.45. The van der Waals surface area contributed by atoms with Crippen molar-refractivity contribution in [1.29, 1.82) is 0 Å². The van der Waals surface area contributed by atoms with Crippen LogP contribution in [0.5, 0.6) is 11.5 Å². The van der Waals surface area contributed by atoms with E-state index in [0.29, 0.717) is 49.8 Å². The maximum Gasteiger partial charge on any atom is 0.275 e. The van der Waals surface area contributed by atoms with Gasteiger partial charge in [-0.15, -0.1) is 0 Å².